The zero-order valence-electron chi connectivity index (χ0n) is 10.6. The normalized spacial score (nSPS) is 13.1. The minimum Gasteiger partial charge on any atom is -0.298 e. The molecule has 18 heavy (non-hydrogen) atoms. The summed E-state index contributed by atoms with van der Waals surface area (Å²) in [5, 5.41) is 0.664. The van der Waals surface area contributed by atoms with Crippen LogP contribution in [0, 0.1) is 12.8 Å². The summed E-state index contributed by atoms with van der Waals surface area (Å²) in [6.07, 6.45) is 3.82. The van der Waals surface area contributed by atoms with Gasteiger partial charge in [0.1, 0.15) is 0 Å². The van der Waals surface area contributed by atoms with Gasteiger partial charge in [-0.2, -0.15) is 17.0 Å². The lowest BCUT2D eigenvalue weighted by Gasteiger charge is -2.14. The van der Waals surface area contributed by atoms with Crippen LogP contribution in [0.1, 0.15) is 25.5 Å². The molecule has 0 fully saturated rings. The second kappa shape index (κ2) is 5.84. The predicted molar refractivity (Wildman–Crippen MR) is 78.7 cm³/mol. The molecule has 1 atom stereocenters. The fraction of sp³-hybridized carbons (Fsp3) is 0.583. The summed E-state index contributed by atoms with van der Waals surface area (Å²) in [4.78, 5) is 17.4. The molecule has 0 N–H and O–H groups in total. The molecule has 0 radical (unpaired) electrons. The van der Waals surface area contributed by atoms with Crippen LogP contribution in [-0.2, 0) is 6.54 Å². The van der Waals surface area contributed by atoms with Crippen LogP contribution in [-0.4, -0.2) is 19.7 Å². The van der Waals surface area contributed by atoms with Crippen molar-refractivity contribution in [2.24, 2.45) is 5.92 Å². The van der Waals surface area contributed by atoms with Crippen LogP contribution in [0.15, 0.2) is 11.1 Å². The zero-order chi connectivity index (χ0) is 13.1. The molecular weight excluding hydrogens is 266 g/mol. The van der Waals surface area contributed by atoms with Gasteiger partial charge in [-0.1, -0.05) is 13.3 Å². The smallest absolute Gasteiger partial charge is 0.263 e. The van der Waals surface area contributed by atoms with Gasteiger partial charge in [-0.25, -0.2) is 4.98 Å². The molecule has 98 valence electrons. The van der Waals surface area contributed by atoms with Crippen molar-refractivity contribution in [3.8, 4) is 0 Å². The number of fused-ring (bicyclic) bond motifs is 1. The van der Waals surface area contributed by atoms with Crippen LogP contribution in [0.2, 0.25) is 0 Å². The van der Waals surface area contributed by atoms with Gasteiger partial charge in [-0.05, 0) is 36.5 Å². The molecule has 0 spiro atoms. The third-order valence-corrected chi connectivity index (χ3v) is 4.41. The second-order valence-corrected chi connectivity index (χ2v) is 5.60. The van der Waals surface area contributed by atoms with E-state index in [0.29, 0.717) is 17.8 Å². The number of nitrogens with zero attached hydrogens (tertiary/aromatic N) is 3. The fourth-order valence-electron chi connectivity index (χ4n) is 2.07. The molecule has 1 unspecified atom stereocenters. The summed E-state index contributed by atoms with van der Waals surface area (Å²) in [7, 11) is 0. The molecule has 0 aromatic carbocycles. The van der Waals surface area contributed by atoms with Crippen LogP contribution in [0.4, 0.5) is 0 Å². The first-order valence-electron chi connectivity index (χ1n) is 6.09. The maximum Gasteiger partial charge on any atom is 0.263 e. The molecule has 0 saturated carbocycles. The van der Waals surface area contributed by atoms with Crippen molar-refractivity contribution in [1.82, 2.24) is 13.9 Å². The van der Waals surface area contributed by atoms with Crippen LogP contribution >= 0.6 is 24.2 Å². The Morgan fingerprint density at radius 2 is 2.33 bits per heavy atom. The van der Waals surface area contributed by atoms with Gasteiger partial charge in [0, 0.05) is 6.54 Å². The number of thiol groups is 1. The first kappa shape index (κ1) is 13.5. The Morgan fingerprint density at radius 3 is 3.00 bits per heavy atom. The van der Waals surface area contributed by atoms with E-state index in [9.17, 15) is 4.79 Å². The second-order valence-electron chi connectivity index (χ2n) is 4.49. The standard InChI is InChI=1S/C12H17N3OS2/c1-3-4-9(6-17)5-15-7-13-11-10(12(15)16)8(2)14-18-11/h7,9,17H,3-6H2,1-2H3. The summed E-state index contributed by atoms with van der Waals surface area (Å²) in [5.41, 5.74) is 0.800. The molecule has 0 bridgehead atoms. The summed E-state index contributed by atoms with van der Waals surface area (Å²) < 4.78 is 5.88. The molecule has 0 saturated heterocycles. The fourth-order valence-corrected chi connectivity index (χ4v) is 3.10. The molecule has 0 amide bonds. The van der Waals surface area contributed by atoms with E-state index in [-0.39, 0.29) is 5.56 Å². The maximum atomic E-state index is 12.3. The number of aryl methyl sites for hydroxylation is 1. The van der Waals surface area contributed by atoms with Gasteiger partial charge >= 0.3 is 0 Å². The molecule has 0 aliphatic rings. The average molecular weight is 283 g/mol. The van der Waals surface area contributed by atoms with Crippen molar-refractivity contribution >= 4 is 34.4 Å². The summed E-state index contributed by atoms with van der Waals surface area (Å²) in [6, 6.07) is 0. The number of hydrogen-bond acceptors (Lipinski definition) is 5. The predicted octanol–water partition coefficient (Wildman–Crippen LogP) is 2.51. The Morgan fingerprint density at radius 1 is 1.56 bits per heavy atom. The van der Waals surface area contributed by atoms with Crippen molar-refractivity contribution in [2.45, 2.75) is 33.2 Å². The Kier molecular flexibility index (Phi) is 4.40. The minimum atomic E-state index is 0.0223. The highest BCUT2D eigenvalue weighted by molar-refractivity contribution is 7.80. The Balaban J connectivity index is 2.36. The number of rotatable bonds is 5. The molecule has 2 aromatic heterocycles. The van der Waals surface area contributed by atoms with Gasteiger partial charge in [0.25, 0.3) is 5.56 Å². The maximum absolute atomic E-state index is 12.3. The van der Waals surface area contributed by atoms with Gasteiger partial charge in [-0.3, -0.25) is 9.36 Å². The Hall–Kier alpha value is -0.880. The van der Waals surface area contributed by atoms with E-state index in [1.165, 1.54) is 11.5 Å². The van der Waals surface area contributed by atoms with Crippen molar-refractivity contribution in [3.05, 3.63) is 22.4 Å². The largest absolute Gasteiger partial charge is 0.298 e. The quantitative estimate of drug-likeness (QED) is 0.858. The molecule has 0 aliphatic heterocycles. The third kappa shape index (κ3) is 2.59. The molecule has 0 aliphatic carbocycles. The van der Waals surface area contributed by atoms with E-state index in [1.54, 1.807) is 10.9 Å². The summed E-state index contributed by atoms with van der Waals surface area (Å²) in [6.45, 7) is 4.69. The first-order chi connectivity index (χ1) is 8.67. The highest BCUT2D eigenvalue weighted by Gasteiger charge is 2.13. The molecule has 2 aromatic rings. The van der Waals surface area contributed by atoms with Gasteiger partial charge in [-0.15, -0.1) is 0 Å². The van der Waals surface area contributed by atoms with Crippen LogP contribution in [0.3, 0.4) is 0 Å². The van der Waals surface area contributed by atoms with Crippen LogP contribution in [0.25, 0.3) is 10.2 Å². The van der Waals surface area contributed by atoms with Gasteiger partial charge < -0.3 is 0 Å². The van der Waals surface area contributed by atoms with E-state index < -0.39 is 0 Å². The number of aromatic nitrogens is 3. The molecule has 4 nitrogen and oxygen atoms in total. The first-order valence-corrected chi connectivity index (χ1v) is 7.50. The van der Waals surface area contributed by atoms with Gasteiger partial charge in [0.15, 0.2) is 4.83 Å². The van der Waals surface area contributed by atoms with Gasteiger partial charge in [0.05, 0.1) is 17.4 Å². The Labute approximate surface area is 116 Å². The molecule has 2 rings (SSSR count). The number of hydrogen-bond donors (Lipinski definition) is 1. The SMILES string of the molecule is CCCC(CS)Cn1cnc2snc(C)c2c1=O. The zero-order valence-corrected chi connectivity index (χ0v) is 12.3. The third-order valence-electron chi connectivity index (χ3n) is 3.04. The van der Waals surface area contributed by atoms with E-state index in [4.69, 9.17) is 0 Å². The van der Waals surface area contributed by atoms with Crippen molar-refractivity contribution in [1.29, 1.82) is 0 Å². The van der Waals surface area contributed by atoms with Crippen LogP contribution in [0.5, 0.6) is 0 Å². The van der Waals surface area contributed by atoms with Crippen molar-refractivity contribution in [3.63, 3.8) is 0 Å². The minimum absolute atomic E-state index is 0.0223. The topological polar surface area (TPSA) is 47.8 Å². The molecular formula is C12H17N3OS2. The van der Waals surface area contributed by atoms with E-state index in [1.807, 2.05) is 6.92 Å². The summed E-state index contributed by atoms with van der Waals surface area (Å²) in [5.74, 6) is 1.21. The van der Waals surface area contributed by atoms with Crippen molar-refractivity contribution < 1.29 is 0 Å². The van der Waals surface area contributed by atoms with Gasteiger partial charge in [0.2, 0.25) is 0 Å². The monoisotopic (exact) mass is 283 g/mol. The van der Waals surface area contributed by atoms with Crippen molar-refractivity contribution in [2.75, 3.05) is 5.75 Å². The van der Waals surface area contributed by atoms with E-state index >= 15 is 0 Å². The average Bonchev–Trinajstić information content (AvgIpc) is 2.74. The molecule has 6 heteroatoms. The Bertz CT molecular complexity index is 591. The lowest BCUT2D eigenvalue weighted by atomic mass is 10.1. The highest BCUT2D eigenvalue weighted by atomic mass is 32.1. The summed E-state index contributed by atoms with van der Waals surface area (Å²) >= 11 is 5.63. The van der Waals surface area contributed by atoms with Crippen LogP contribution < -0.4 is 5.56 Å². The lowest BCUT2D eigenvalue weighted by molar-refractivity contribution is 0.444. The highest BCUT2D eigenvalue weighted by Crippen LogP contribution is 2.16. The van der Waals surface area contributed by atoms with E-state index in [2.05, 4.69) is 28.9 Å². The lowest BCUT2D eigenvalue weighted by Crippen LogP contribution is -2.25. The molecule has 2 heterocycles. The van der Waals surface area contributed by atoms with E-state index in [0.717, 1.165) is 29.1 Å².